The Kier molecular flexibility index (Phi) is 4.38. The molecule has 6 heteroatoms. The van der Waals surface area contributed by atoms with Crippen LogP contribution in [-0.4, -0.2) is 15.5 Å². The quantitative estimate of drug-likeness (QED) is 0.780. The van der Waals surface area contributed by atoms with Crippen LogP contribution in [0, 0.1) is 0 Å². The molecule has 2 heterocycles. The highest BCUT2D eigenvalue weighted by Crippen LogP contribution is 2.23. The lowest BCUT2D eigenvalue weighted by Crippen LogP contribution is -2.18. The van der Waals surface area contributed by atoms with Crippen molar-refractivity contribution in [2.24, 2.45) is 5.73 Å². The van der Waals surface area contributed by atoms with Crippen molar-refractivity contribution >= 4 is 5.91 Å². The molecule has 3 aromatic rings. The first kappa shape index (κ1) is 15.5. The maximum Gasteiger partial charge on any atom is 0.254 e. The summed E-state index contributed by atoms with van der Waals surface area (Å²) in [4.78, 5) is 27.1. The largest absolute Gasteiger partial charge is 0.438 e. The molecule has 3 rings (SSSR count). The van der Waals surface area contributed by atoms with Crippen LogP contribution in [0.3, 0.4) is 0 Å². The van der Waals surface area contributed by atoms with E-state index in [4.69, 9.17) is 10.5 Å². The fourth-order valence-corrected chi connectivity index (χ4v) is 2.22. The van der Waals surface area contributed by atoms with Gasteiger partial charge in [0.05, 0.1) is 6.54 Å². The molecule has 120 valence electrons. The second kappa shape index (κ2) is 6.78. The minimum atomic E-state index is -0.599. The molecule has 0 aliphatic rings. The maximum atomic E-state index is 11.7. The summed E-state index contributed by atoms with van der Waals surface area (Å²) >= 11 is 0. The standard InChI is InChI=1S/C18H15N3O3/c19-17(23)15-4-3-10-20-18(15)24-14-8-6-13(7-9-14)12-21-11-2-1-5-16(21)22/h1-11H,12H2,(H2,19,23). The van der Waals surface area contributed by atoms with E-state index in [1.54, 1.807) is 41.1 Å². The molecule has 0 radical (unpaired) electrons. The Morgan fingerprint density at radius 1 is 1.08 bits per heavy atom. The zero-order chi connectivity index (χ0) is 16.9. The molecule has 0 saturated heterocycles. The van der Waals surface area contributed by atoms with Gasteiger partial charge >= 0.3 is 0 Å². The van der Waals surface area contributed by atoms with Gasteiger partial charge in [0.2, 0.25) is 5.88 Å². The van der Waals surface area contributed by atoms with Crippen LogP contribution in [0.25, 0.3) is 0 Å². The smallest absolute Gasteiger partial charge is 0.254 e. The molecular formula is C18H15N3O3. The summed E-state index contributed by atoms with van der Waals surface area (Å²) in [7, 11) is 0. The number of nitrogens with two attached hydrogens (primary N) is 1. The predicted octanol–water partition coefficient (Wildman–Crippen LogP) is 2.18. The Balaban J connectivity index is 1.77. The van der Waals surface area contributed by atoms with Crippen molar-refractivity contribution in [3.05, 3.63) is 88.5 Å². The molecule has 2 N–H and O–H groups in total. The molecule has 2 aromatic heterocycles. The van der Waals surface area contributed by atoms with Gasteiger partial charge in [-0.25, -0.2) is 4.98 Å². The molecule has 0 bridgehead atoms. The number of carbonyl (C=O) groups excluding carboxylic acids is 1. The first-order valence-corrected chi connectivity index (χ1v) is 7.30. The third-order valence-corrected chi connectivity index (χ3v) is 3.43. The Morgan fingerprint density at radius 3 is 2.58 bits per heavy atom. The van der Waals surface area contributed by atoms with Crippen LogP contribution in [0.1, 0.15) is 15.9 Å². The van der Waals surface area contributed by atoms with Crippen LogP contribution in [0.5, 0.6) is 11.6 Å². The molecular weight excluding hydrogens is 306 g/mol. The topological polar surface area (TPSA) is 87.2 Å². The number of amides is 1. The molecule has 1 amide bonds. The highest BCUT2D eigenvalue weighted by atomic mass is 16.5. The van der Waals surface area contributed by atoms with Crippen LogP contribution < -0.4 is 16.0 Å². The first-order valence-electron chi connectivity index (χ1n) is 7.30. The lowest BCUT2D eigenvalue weighted by molar-refractivity contribution is 0.0997. The van der Waals surface area contributed by atoms with Crippen LogP contribution in [0.15, 0.2) is 71.8 Å². The van der Waals surface area contributed by atoms with Crippen molar-refractivity contribution in [2.75, 3.05) is 0 Å². The van der Waals surface area contributed by atoms with Crippen molar-refractivity contribution in [1.82, 2.24) is 9.55 Å². The third-order valence-electron chi connectivity index (χ3n) is 3.43. The van der Waals surface area contributed by atoms with Gasteiger partial charge in [-0.2, -0.15) is 0 Å². The summed E-state index contributed by atoms with van der Waals surface area (Å²) in [5, 5.41) is 0. The number of primary amides is 1. The van der Waals surface area contributed by atoms with Gasteiger partial charge in [0.15, 0.2) is 0 Å². The molecule has 0 unspecified atom stereocenters. The molecule has 0 fully saturated rings. The van der Waals surface area contributed by atoms with E-state index in [2.05, 4.69) is 4.98 Å². The van der Waals surface area contributed by atoms with Crippen molar-refractivity contribution in [3.8, 4) is 11.6 Å². The van der Waals surface area contributed by atoms with E-state index in [0.717, 1.165) is 5.56 Å². The van der Waals surface area contributed by atoms with E-state index < -0.39 is 5.91 Å². The minimum absolute atomic E-state index is 0.0580. The summed E-state index contributed by atoms with van der Waals surface area (Å²) in [6.45, 7) is 0.468. The highest BCUT2D eigenvalue weighted by Gasteiger charge is 2.10. The summed E-state index contributed by atoms with van der Waals surface area (Å²) in [6, 6.07) is 15.4. The average molecular weight is 321 g/mol. The number of ether oxygens (including phenoxy) is 1. The lowest BCUT2D eigenvalue weighted by atomic mass is 10.2. The van der Waals surface area contributed by atoms with Crippen LogP contribution >= 0.6 is 0 Å². The van der Waals surface area contributed by atoms with Crippen molar-refractivity contribution in [3.63, 3.8) is 0 Å². The fraction of sp³-hybridized carbons (Fsp3) is 0.0556. The molecule has 1 aromatic carbocycles. The van der Waals surface area contributed by atoms with Gasteiger partial charge in [-0.15, -0.1) is 0 Å². The van der Waals surface area contributed by atoms with E-state index in [-0.39, 0.29) is 17.0 Å². The zero-order valence-corrected chi connectivity index (χ0v) is 12.8. The second-order valence-electron chi connectivity index (χ2n) is 5.13. The van der Waals surface area contributed by atoms with Gasteiger partial charge in [-0.3, -0.25) is 9.59 Å². The molecule has 6 nitrogen and oxygen atoms in total. The number of rotatable bonds is 5. The summed E-state index contributed by atoms with van der Waals surface area (Å²) < 4.78 is 7.23. The Morgan fingerprint density at radius 2 is 1.88 bits per heavy atom. The predicted molar refractivity (Wildman–Crippen MR) is 89.1 cm³/mol. The minimum Gasteiger partial charge on any atom is -0.438 e. The molecule has 0 aliphatic heterocycles. The number of hydrogen-bond donors (Lipinski definition) is 1. The van der Waals surface area contributed by atoms with Gasteiger partial charge in [0, 0.05) is 18.5 Å². The fourth-order valence-electron chi connectivity index (χ4n) is 2.22. The van der Waals surface area contributed by atoms with Crippen LogP contribution in [0.4, 0.5) is 0 Å². The average Bonchev–Trinajstić information content (AvgIpc) is 2.59. The van der Waals surface area contributed by atoms with E-state index in [1.165, 1.54) is 12.3 Å². The van der Waals surface area contributed by atoms with Gasteiger partial charge in [-0.05, 0) is 35.9 Å². The van der Waals surface area contributed by atoms with Gasteiger partial charge in [0.25, 0.3) is 11.5 Å². The second-order valence-corrected chi connectivity index (χ2v) is 5.13. The van der Waals surface area contributed by atoms with Gasteiger partial charge in [-0.1, -0.05) is 18.2 Å². The highest BCUT2D eigenvalue weighted by molar-refractivity contribution is 5.95. The normalized spacial score (nSPS) is 10.3. The third kappa shape index (κ3) is 3.49. The zero-order valence-electron chi connectivity index (χ0n) is 12.8. The SMILES string of the molecule is NC(=O)c1cccnc1Oc1ccc(Cn2ccccc2=O)cc1. The number of benzene rings is 1. The molecule has 0 aliphatic carbocycles. The number of carbonyl (C=O) groups is 1. The summed E-state index contributed by atoms with van der Waals surface area (Å²) in [6.07, 6.45) is 3.26. The molecule has 24 heavy (non-hydrogen) atoms. The van der Waals surface area contributed by atoms with E-state index in [1.807, 2.05) is 18.2 Å². The monoisotopic (exact) mass is 321 g/mol. The first-order chi connectivity index (χ1) is 11.6. The van der Waals surface area contributed by atoms with Crippen LogP contribution in [0.2, 0.25) is 0 Å². The number of pyridine rings is 2. The molecule has 0 atom stereocenters. The maximum absolute atomic E-state index is 11.7. The van der Waals surface area contributed by atoms with Crippen molar-refractivity contribution < 1.29 is 9.53 Å². The Bertz CT molecular complexity index is 917. The number of nitrogens with zero attached hydrogens (tertiary/aromatic N) is 2. The van der Waals surface area contributed by atoms with Gasteiger partial charge in [0.1, 0.15) is 11.3 Å². The molecule has 0 saturated carbocycles. The van der Waals surface area contributed by atoms with E-state index in [9.17, 15) is 9.59 Å². The van der Waals surface area contributed by atoms with Crippen LogP contribution in [-0.2, 0) is 6.54 Å². The number of aromatic nitrogens is 2. The Labute approximate surface area is 138 Å². The summed E-state index contributed by atoms with van der Waals surface area (Å²) in [5.41, 5.74) is 6.41. The number of hydrogen-bond acceptors (Lipinski definition) is 4. The lowest BCUT2D eigenvalue weighted by Gasteiger charge is -2.09. The molecule has 0 spiro atoms. The Hall–Kier alpha value is -3.41. The van der Waals surface area contributed by atoms with E-state index >= 15 is 0 Å². The van der Waals surface area contributed by atoms with Gasteiger partial charge < -0.3 is 15.0 Å². The van der Waals surface area contributed by atoms with Crippen molar-refractivity contribution in [2.45, 2.75) is 6.54 Å². The van der Waals surface area contributed by atoms with E-state index in [0.29, 0.717) is 12.3 Å². The van der Waals surface area contributed by atoms with Crippen molar-refractivity contribution in [1.29, 1.82) is 0 Å². The summed E-state index contributed by atoms with van der Waals surface area (Å²) in [5.74, 6) is 0.0931.